The summed E-state index contributed by atoms with van der Waals surface area (Å²) in [4.78, 5) is 26.5. The Morgan fingerprint density at radius 1 is 0.971 bits per heavy atom. The highest BCUT2D eigenvalue weighted by Gasteiger charge is 2.26. The van der Waals surface area contributed by atoms with Crippen molar-refractivity contribution in [3.8, 4) is 5.69 Å². The van der Waals surface area contributed by atoms with Gasteiger partial charge >= 0.3 is 0 Å². The van der Waals surface area contributed by atoms with E-state index in [9.17, 15) is 9.59 Å². The van der Waals surface area contributed by atoms with Crippen molar-refractivity contribution in [1.29, 1.82) is 0 Å². The average Bonchev–Trinajstić information content (AvgIpc) is 3.35. The number of aryl methyl sites for hydroxylation is 2. The van der Waals surface area contributed by atoms with Crippen molar-refractivity contribution in [2.75, 3.05) is 5.32 Å². The van der Waals surface area contributed by atoms with Crippen LogP contribution in [0, 0.1) is 13.8 Å². The molecule has 0 fully saturated rings. The number of aromatic nitrogens is 4. The SMILES string of the molecule is Cc1cccc(C)c1NC(=O)C(NC(=O)c1ccc(-n2cnnn2)cc1)c1ccc(Cl)cc1Cl. The molecule has 0 saturated carbocycles. The second-order valence-electron chi connectivity index (χ2n) is 7.63. The van der Waals surface area contributed by atoms with Crippen LogP contribution in [0.3, 0.4) is 0 Å². The molecule has 3 aromatic carbocycles. The monoisotopic (exact) mass is 494 g/mol. The molecular formula is C24H20Cl2N6O2. The largest absolute Gasteiger partial charge is 0.336 e. The number of hydrogen-bond donors (Lipinski definition) is 2. The average molecular weight is 495 g/mol. The summed E-state index contributed by atoms with van der Waals surface area (Å²) in [5, 5.41) is 17.4. The van der Waals surface area contributed by atoms with Crippen molar-refractivity contribution < 1.29 is 9.59 Å². The van der Waals surface area contributed by atoms with Gasteiger partial charge < -0.3 is 10.6 Å². The van der Waals surface area contributed by atoms with Crippen molar-refractivity contribution in [3.05, 3.63) is 99.3 Å². The molecule has 8 nitrogen and oxygen atoms in total. The van der Waals surface area contributed by atoms with Gasteiger partial charge in [0.25, 0.3) is 11.8 Å². The van der Waals surface area contributed by atoms with Crippen LogP contribution in [0.15, 0.2) is 67.0 Å². The fraction of sp³-hybridized carbons (Fsp3) is 0.125. The number of benzene rings is 3. The molecular weight excluding hydrogens is 475 g/mol. The Bertz CT molecular complexity index is 1320. The Balaban J connectivity index is 1.62. The molecule has 34 heavy (non-hydrogen) atoms. The van der Waals surface area contributed by atoms with Gasteiger partial charge in [0.1, 0.15) is 12.4 Å². The van der Waals surface area contributed by atoms with Gasteiger partial charge in [0.05, 0.1) is 5.69 Å². The van der Waals surface area contributed by atoms with E-state index in [0.717, 1.165) is 11.1 Å². The Kier molecular flexibility index (Phi) is 6.90. The standard InChI is InChI=1S/C24H20Cl2N6O2/c1-14-4-3-5-15(2)21(14)28-24(34)22(19-11-8-17(25)12-20(19)26)29-23(33)16-6-9-18(10-7-16)32-13-27-30-31-32/h3-13,22H,1-2H3,(H,28,34)(H,29,33). The van der Waals surface area contributed by atoms with E-state index in [-0.39, 0.29) is 5.02 Å². The maximum atomic E-state index is 13.4. The van der Waals surface area contributed by atoms with Crippen molar-refractivity contribution in [3.63, 3.8) is 0 Å². The maximum absolute atomic E-state index is 13.4. The van der Waals surface area contributed by atoms with Gasteiger partial charge in [-0.1, -0.05) is 47.5 Å². The molecule has 0 bridgehead atoms. The van der Waals surface area contributed by atoms with Gasteiger partial charge in [-0.05, 0) is 71.8 Å². The van der Waals surface area contributed by atoms with Crippen molar-refractivity contribution in [2.45, 2.75) is 19.9 Å². The molecule has 2 N–H and O–H groups in total. The fourth-order valence-electron chi connectivity index (χ4n) is 3.49. The van der Waals surface area contributed by atoms with E-state index in [1.165, 1.54) is 17.1 Å². The molecule has 172 valence electrons. The molecule has 1 heterocycles. The minimum atomic E-state index is -1.06. The number of tetrazole rings is 1. The van der Waals surface area contributed by atoms with Gasteiger partial charge in [0, 0.05) is 26.9 Å². The van der Waals surface area contributed by atoms with Crippen LogP contribution in [0.1, 0.15) is 33.1 Å². The van der Waals surface area contributed by atoms with Gasteiger partial charge in [-0.2, -0.15) is 0 Å². The van der Waals surface area contributed by atoms with E-state index in [0.29, 0.717) is 27.5 Å². The smallest absolute Gasteiger partial charge is 0.252 e. The zero-order valence-corrected chi connectivity index (χ0v) is 19.8. The Morgan fingerprint density at radius 3 is 2.29 bits per heavy atom. The summed E-state index contributed by atoms with van der Waals surface area (Å²) >= 11 is 12.4. The van der Waals surface area contributed by atoms with E-state index in [1.807, 2.05) is 32.0 Å². The number of nitrogens with one attached hydrogen (secondary N) is 2. The molecule has 0 aliphatic carbocycles. The third-order valence-electron chi connectivity index (χ3n) is 5.28. The summed E-state index contributed by atoms with van der Waals surface area (Å²) in [7, 11) is 0. The highest BCUT2D eigenvalue weighted by atomic mass is 35.5. The van der Waals surface area contributed by atoms with Crippen LogP contribution in [0.4, 0.5) is 5.69 Å². The van der Waals surface area contributed by atoms with Crippen LogP contribution in [0.25, 0.3) is 5.69 Å². The lowest BCUT2D eigenvalue weighted by atomic mass is 10.0. The predicted molar refractivity (Wildman–Crippen MR) is 130 cm³/mol. The highest BCUT2D eigenvalue weighted by Crippen LogP contribution is 2.29. The minimum Gasteiger partial charge on any atom is -0.336 e. The number of rotatable bonds is 6. The Labute approximate surface area is 205 Å². The van der Waals surface area contributed by atoms with Crippen LogP contribution in [-0.4, -0.2) is 32.0 Å². The van der Waals surface area contributed by atoms with Gasteiger partial charge in [-0.3, -0.25) is 9.59 Å². The quantitative estimate of drug-likeness (QED) is 0.404. The van der Waals surface area contributed by atoms with Crippen molar-refractivity contribution in [2.24, 2.45) is 0 Å². The van der Waals surface area contributed by atoms with Crippen LogP contribution in [-0.2, 0) is 4.79 Å². The van der Waals surface area contributed by atoms with Crippen LogP contribution < -0.4 is 10.6 Å². The summed E-state index contributed by atoms with van der Waals surface area (Å²) in [5.74, 6) is -0.878. The van der Waals surface area contributed by atoms with Gasteiger partial charge in [0.2, 0.25) is 0 Å². The molecule has 0 radical (unpaired) electrons. The lowest BCUT2D eigenvalue weighted by Gasteiger charge is -2.21. The summed E-state index contributed by atoms with van der Waals surface area (Å²) in [6, 6.07) is 16.1. The lowest BCUT2D eigenvalue weighted by molar-refractivity contribution is -0.118. The molecule has 1 aromatic heterocycles. The molecule has 0 spiro atoms. The Hall–Kier alpha value is -3.75. The summed E-state index contributed by atoms with van der Waals surface area (Å²) < 4.78 is 1.47. The topological polar surface area (TPSA) is 102 Å². The molecule has 1 atom stereocenters. The van der Waals surface area contributed by atoms with Crippen LogP contribution in [0.5, 0.6) is 0 Å². The number of halogens is 2. The first-order chi connectivity index (χ1) is 16.3. The van der Waals surface area contributed by atoms with E-state index in [2.05, 4.69) is 26.2 Å². The predicted octanol–water partition coefficient (Wildman–Crippen LogP) is 4.70. The van der Waals surface area contributed by atoms with Crippen LogP contribution in [0.2, 0.25) is 10.0 Å². The minimum absolute atomic E-state index is 0.267. The zero-order chi connectivity index (χ0) is 24.2. The molecule has 4 rings (SSSR count). The molecule has 1 unspecified atom stereocenters. The third-order valence-corrected chi connectivity index (χ3v) is 5.85. The van der Waals surface area contributed by atoms with Crippen LogP contribution >= 0.6 is 23.2 Å². The van der Waals surface area contributed by atoms with Crippen molar-refractivity contribution in [1.82, 2.24) is 25.5 Å². The molecule has 0 saturated heterocycles. The number of amides is 2. The normalized spacial score (nSPS) is 11.6. The van der Waals surface area contributed by atoms with E-state index in [4.69, 9.17) is 23.2 Å². The molecule has 2 amide bonds. The number of carbonyl (C=O) groups is 2. The van der Waals surface area contributed by atoms with Gasteiger partial charge in [-0.15, -0.1) is 5.10 Å². The fourth-order valence-corrected chi connectivity index (χ4v) is 4.00. The van der Waals surface area contributed by atoms with E-state index >= 15 is 0 Å². The maximum Gasteiger partial charge on any atom is 0.252 e. The van der Waals surface area contributed by atoms with Crippen molar-refractivity contribution >= 4 is 40.7 Å². The molecule has 4 aromatic rings. The lowest BCUT2D eigenvalue weighted by Crippen LogP contribution is -2.37. The second-order valence-corrected chi connectivity index (χ2v) is 8.47. The summed E-state index contributed by atoms with van der Waals surface area (Å²) in [5.41, 5.74) is 3.95. The Morgan fingerprint density at radius 2 is 1.68 bits per heavy atom. The first kappa shape index (κ1) is 23.4. The third kappa shape index (κ3) is 5.08. The van der Waals surface area contributed by atoms with Gasteiger partial charge in [-0.25, -0.2) is 4.68 Å². The van der Waals surface area contributed by atoms with E-state index in [1.54, 1.807) is 36.4 Å². The number of para-hydroxylation sites is 1. The zero-order valence-electron chi connectivity index (χ0n) is 18.3. The molecule has 0 aliphatic rings. The summed E-state index contributed by atoms with van der Waals surface area (Å²) in [6.45, 7) is 3.80. The second kappa shape index (κ2) is 10.0. The number of carbonyl (C=O) groups excluding carboxylic acids is 2. The summed E-state index contributed by atoms with van der Waals surface area (Å²) in [6.07, 6.45) is 1.45. The van der Waals surface area contributed by atoms with E-state index < -0.39 is 17.9 Å². The first-order valence-electron chi connectivity index (χ1n) is 10.3. The molecule has 0 aliphatic heterocycles. The van der Waals surface area contributed by atoms with Gasteiger partial charge in [0.15, 0.2) is 0 Å². The number of anilines is 1. The number of nitrogens with zero attached hydrogens (tertiary/aromatic N) is 4. The molecule has 10 heteroatoms. The first-order valence-corrected chi connectivity index (χ1v) is 11.1. The number of hydrogen-bond acceptors (Lipinski definition) is 5. The highest BCUT2D eigenvalue weighted by molar-refractivity contribution is 6.35.